The Bertz CT molecular complexity index is 453. The van der Waals surface area contributed by atoms with Gasteiger partial charge in [-0.25, -0.2) is 0 Å². The standard InChI is InChI=1S/C13H18N2O2/c1-9-8-11(4-5-12(9)15(16)17)14-10(2)13(3)6-7-13/h4-5,8,10,14H,6-7H2,1-3H3. The van der Waals surface area contributed by atoms with Crippen molar-refractivity contribution in [3.05, 3.63) is 33.9 Å². The lowest BCUT2D eigenvalue weighted by molar-refractivity contribution is -0.385. The molecule has 1 fully saturated rings. The van der Waals surface area contributed by atoms with Gasteiger partial charge in [0, 0.05) is 23.4 Å². The van der Waals surface area contributed by atoms with Crippen molar-refractivity contribution in [2.45, 2.75) is 39.7 Å². The molecule has 92 valence electrons. The summed E-state index contributed by atoms with van der Waals surface area (Å²) in [6.45, 7) is 6.21. The molecular formula is C13H18N2O2. The van der Waals surface area contributed by atoms with Gasteiger partial charge in [0.05, 0.1) is 4.92 Å². The molecule has 1 unspecified atom stereocenters. The van der Waals surface area contributed by atoms with Crippen molar-refractivity contribution >= 4 is 11.4 Å². The van der Waals surface area contributed by atoms with E-state index in [1.165, 1.54) is 12.8 Å². The SMILES string of the molecule is Cc1cc(NC(C)C2(C)CC2)ccc1[N+](=O)[O-]. The largest absolute Gasteiger partial charge is 0.382 e. The van der Waals surface area contributed by atoms with Gasteiger partial charge in [0.25, 0.3) is 5.69 Å². The summed E-state index contributed by atoms with van der Waals surface area (Å²) in [6, 6.07) is 5.61. The second kappa shape index (κ2) is 4.02. The van der Waals surface area contributed by atoms with Crippen LogP contribution in [0.5, 0.6) is 0 Å². The van der Waals surface area contributed by atoms with Crippen LogP contribution in [0.3, 0.4) is 0 Å². The van der Waals surface area contributed by atoms with E-state index in [4.69, 9.17) is 0 Å². The molecule has 0 heterocycles. The summed E-state index contributed by atoms with van der Waals surface area (Å²) >= 11 is 0. The summed E-state index contributed by atoms with van der Waals surface area (Å²) in [5.74, 6) is 0. The van der Waals surface area contributed by atoms with E-state index < -0.39 is 0 Å². The summed E-state index contributed by atoms with van der Waals surface area (Å²) in [7, 11) is 0. The maximum absolute atomic E-state index is 10.7. The van der Waals surface area contributed by atoms with Crippen LogP contribution >= 0.6 is 0 Å². The van der Waals surface area contributed by atoms with Gasteiger partial charge in [-0.2, -0.15) is 0 Å². The summed E-state index contributed by atoms with van der Waals surface area (Å²) in [5.41, 5.74) is 2.25. The van der Waals surface area contributed by atoms with E-state index in [0.717, 1.165) is 5.69 Å². The molecule has 0 aliphatic heterocycles. The fraction of sp³-hybridized carbons (Fsp3) is 0.538. The lowest BCUT2D eigenvalue weighted by atomic mass is 10.0. The van der Waals surface area contributed by atoms with E-state index in [1.807, 2.05) is 6.07 Å². The molecule has 0 spiro atoms. The minimum Gasteiger partial charge on any atom is -0.382 e. The Morgan fingerprint density at radius 2 is 2.12 bits per heavy atom. The minimum atomic E-state index is -0.343. The number of hydrogen-bond acceptors (Lipinski definition) is 3. The predicted molar refractivity (Wildman–Crippen MR) is 68.3 cm³/mol. The van der Waals surface area contributed by atoms with Gasteiger partial charge in [0.15, 0.2) is 0 Å². The van der Waals surface area contributed by atoms with Crippen LogP contribution in [0.4, 0.5) is 11.4 Å². The number of anilines is 1. The van der Waals surface area contributed by atoms with Crippen molar-refractivity contribution in [1.82, 2.24) is 0 Å². The molecular weight excluding hydrogens is 216 g/mol. The maximum Gasteiger partial charge on any atom is 0.272 e. The van der Waals surface area contributed by atoms with Crippen molar-refractivity contribution in [2.24, 2.45) is 5.41 Å². The number of nitro benzene ring substituents is 1. The first-order valence-electron chi connectivity index (χ1n) is 5.94. The highest BCUT2D eigenvalue weighted by molar-refractivity contribution is 5.54. The molecule has 0 saturated heterocycles. The summed E-state index contributed by atoms with van der Waals surface area (Å²) in [6.07, 6.45) is 2.51. The Morgan fingerprint density at radius 3 is 2.59 bits per heavy atom. The van der Waals surface area contributed by atoms with Crippen molar-refractivity contribution < 1.29 is 4.92 Å². The second-order valence-electron chi connectivity index (χ2n) is 5.28. The maximum atomic E-state index is 10.7. The zero-order valence-corrected chi connectivity index (χ0v) is 10.5. The Morgan fingerprint density at radius 1 is 1.47 bits per heavy atom. The third-order valence-electron chi connectivity index (χ3n) is 3.86. The van der Waals surface area contributed by atoms with Crippen molar-refractivity contribution in [2.75, 3.05) is 5.32 Å². The molecule has 0 radical (unpaired) electrons. The van der Waals surface area contributed by atoms with Gasteiger partial charge in [0.2, 0.25) is 0 Å². The van der Waals surface area contributed by atoms with Crippen LogP contribution < -0.4 is 5.32 Å². The molecule has 17 heavy (non-hydrogen) atoms. The number of hydrogen-bond donors (Lipinski definition) is 1. The molecule has 1 atom stereocenters. The van der Waals surface area contributed by atoms with Crippen LogP contribution in [0, 0.1) is 22.5 Å². The lowest BCUT2D eigenvalue weighted by Gasteiger charge is -2.21. The van der Waals surface area contributed by atoms with Gasteiger partial charge in [-0.1, -0.05) is 6.92 Å². The highest BCUT2D eigenvalue weighted by Crippen LogP contribution is 2.48. The minimum absolute atomic E-state index is 0.181. The predicted octanol–water partition coefficient (Wildman–Crippen LogP) is 3.50. The zero-order chi connectivity index (χ0) is 12.6. The first kappa shape index (κ1) is 11.9. The van der Waals surface area contributed by atoms with E-state index in [1.54, 1.807) is 19.1 Å². The Balaban J connectivity index is 2.12. The van der Waals surface area contributed by atoms with Gasteiger partial charge in [-0.05, 0) is 44.2 Å². The Hall–Kier alpha value is -1.58. The smallest absolute Gasteiger partial charge is 0.272 e. The molecule has 4 nitrogen and oxygen atoms in total. The number of aryl methyl sites for hydroxylation is 1. The van der Waals surface area contributed by atoms with Crippen LogP contribution in [0.15, 0.2) is 18.2 Å². The molecule has 0 aromatic heterocycles. The van der Waals surface area contributed by atoms with Crippen LogP contribution in [-0.2, 0) is 0 Å². The molecule has 2 rings (SSSR count). The van der Waals surface area contributed by atoms with Crippen LogP contribution in [0.1, 0.15) is 32.3 Å². The van der Waals surface area contributed by atoms with Crippen molar-refractivity contribution in [1.29, 1.82) is 0 Å². The van der Waals surface area contributed by atoms with Crippen LogP contribution in [0.2, 0.25) is 0 Å². The molecule has 4 heteroatoms. The quantitative estimate of drug-likeness (QED) is 0.640. The van der Waals surface area contributed by atoms with Gasteiger partial charge in [0.1, 0.15) is 0 Å². The van der Waals surface area contributed by atoms with Crippen LogP contribution in [0.25, 0.3) is 0 Å². The molecule has 1 aliphatic carbocycles. The average molecular weight is 234 g/mol. The topological polar surface area (TPSA) is 55.2 Å². The monoisotopic (exact) mass is 234 g/mol. The van der Waals surface area contributed by atoms with Crippen molar-refractivity contribution in [3.8, 4) is 0 Å². The fourth-order valence-corrected chi connectivity index (χ4v) is 2.00. The normalized spacial score (nSPS) is 18.5. The molecule has 0 amide bonds. The van der Waals surface area contributed by atoms with Gasteiger partial charge < -0.3 is 5.32 Å². The first-order chi connectivity index (χ1) is 7.92. The molecule has 1 aromatic carbocycles. The summed E-state index contributed by atoms with van der Waals surface area (Å²) in [5, 5.41) is 14.1. The van der Waals surface area contributed by atoms with E-state index in [2.05, 4.69) is 19.2 Å². The number of nitrogens with zero attached hydrogens (tertiary/aromatic N) is 1. The summed E-state index contributed by atoms with van der Waals surface area (Å²) < 4.78 is 0. The highest BCUT2D eigenvalue weighted by Gasteiger charge is 2.42. The van der Waals surface area contributed by atoms with Crippen molar-refractivity contribution in [3.63, 3.8) is 0 Å². The van der Waals surface area contributed by atoms with E-state index in [9.17, 15) is 10.1 Å². The van der Waals surface area contributed by atoms with Gasteiger partial charge in [-0.3, -0.25) is 10.1 Å². The van der Waals surface area contributed by atoms with Gasteiger partial charge >= 0.3 is 0 Å². The third kappa shape index (κ3) is 2.40. The lowest BCUT2D eigenvalue weighted by Crippen LogP contribution is -2.24. The number of nitro groups is 1. The third-order valence-corrected chi connectivity index (χ3v) is 3.86. The molecule has 1 N–H and O–H groups in total. The van der Waals surface area contributed by atoms with Crippen LogP contribution in [-0.4, -0.2) is 11.0 Å². The number of nitrogens with one attached hydrogen (secondary N) is 1. The highest BCUT2D eigenvalue weighted by atomic mass is 16.6. The molecule has 0 bridgehead atoms. The first-order valence-corrected chi connectivity index (χ1v) is 5.94. The van der Waals surface area contributed by atoms with E-state index in [-0.39, 0.29) is 10.6 Å². The summed E-state index contributed by atoms with van der Waals surface area (Å²) in [4.78, 5) is 10.4. The Kier molecular flexibility index (Phi) is 2.81. The van der Waals surface area contributed by atoms with E-state index in [0.29, 0.717) is 17.0 Å². The second-order valence-corrected chi connectivity index (χ2v) is 5.28. The zero-order valence-electron chi connectivity index (χ0n) is 10.5. The average Bonchev–Trinajstić information content (AvgIpc) is 2.97. The number of rotatable bonds is 4. The fourth-order valence-electron chi connectivity index (χ4n) is 2.00. The molecule has 1 aromatic rings. The van der Waals surface area contributed by atoms with E-state index >= 15 is 0 Å². The van der Waals surface area contributed by atoms with Gasteiger partial charge in [-0.15, -0.1) is 0 Å². The number of benzene rings is 1. The molecule has 1 aliphatic rings. The Labute approximate surface area is 101 Å². The molecule has 1 saturated carbocycles.